The summed E-state index contributed by atoms with van der Waals surface area (Å²) in [6, 6.07) is 0.770. The van der Waals surface area contributed by atoms with Crippen LogP contribution < -0.4 is 5.32 Å². The Labute approximate surface area is 118 Å². The van der Waals surface area contributed by atoms with E-state index in [2.05, 4.69) is 24.3 Å². The van der Waals surface area contributed by atoms with Crippen LogP contribution >= 0.6 is 0 Å². The van der Waals surface area contributed by atoms with Gasteiger partial charge in [0, 0.05) is 11.5 Å². The highest BCUT2D eigenvalue weighted by atomic mass is 16.5. The standard InChI is InChI=1S/C16H30N2O/c1-17-15-5-3-13(4-6-15)16(11-19-12-16)14-7-9-18(2)10-8-14/h13-15,17H,3-12H2,1-2H3. The molecule has 1 saturated carbocycles. The van der Waals surface area contributed by atoms with Crippen molar-refractivity contribution in [2.45, 2.75) is 44.6 Å². The molecule has 2 heterocycles. The molecule has 3 heteroatoms. The Morgan fingerprint density at radius 1 is 0.947 bits per heavy atom. The van der Waals surface area contributed by atoms with Gasteiger partial charge in [0.15, 0.2) is 0 Å². The first-order chi connectivity index (χ1) is 9.24. The zero-order chi connectivity index (χ0) is 13.3. The molecule has 0 amide bonds. The lowest BCUT2D eigenvalue weighted by Crippen LogP contribution is -2.56. The predicted octanol–water partition coefficient (Wildman–Crippen LogP) is 2.12. The normalized spacial score (nSPS) is 36.9. The Balaban J connectivity index is 1.63. The van der Waals surface area contributed by atoms with Crippen molar-refractivity contribution in [1.29, 1.82) is 0 Å². The smallest absolute Gasteiger partial charge is 0.0550 e. The van der Waals surface area contributed by atoms with Crippen LogP contribution in [-0.2, 0) is 4.74 Å². The Morgan fingerprint density at radius 3 is 2.00 bits per heavy atom. The maximum Gasteiger partial charge on any atom is 0.0550 e. The Kier molecular flexibility index (Phi) is 4.16. The Bertz CT molecular complexity index is 287. The minimum absolute atomic E-state index is 0.556. The van der Waals surface area contributed by atoms with Crippen LogP contribution in [0.15, 0.2) is 0 Å². The summed E-state index contributed by atoms with van der Waals surface area (Å²) in [4.78, 5) is 2.49. The van der Waals surface area contributed by atoms with Crippen molar-refractivity contribution in [3.63, 3.8) is 0 Å². The van der Waals surface area contributed by atoms with Gasteiger partial charge in [-0.05, 0) is 77.5 Å². The van der Waals surface area contributed by atoms with Crippen LogP contribution in [0, 0.1) is 17.3 Å². The van der Waals surface area contributed by atoms with Crippen molar-refractivity contribution in [1.82, 2.24) is 10.2 Å². The number of hydrogen-bond acceptors (Lipinski definition) is 3. The van der Waals surface area contributed by atoms with Crippen LogP contribution in [0.4, 0.5) is 0 Å². The molecule has 2 saturated heterocycles. The van der Waals surface area contributed by atoms with E-state index in [0.29, 0.717) is 5.41 Å². The van der Waals surface area contributed by atoms with Crippen molar-refractivity contribution in [3.05, 3.63) is 0 Å². The highest BCUT2D eigenvalue weighted by Crippen LogP contribution is 2.51. The molecule has 0 atom stereocenters. The van der Waals surface area contributed by atoms with Gasteiger partial charge in [-0.25, -0.2) is 0 Å². The van der Waals surface area contributed by atoms with E-state index in [9.17, 15) is 0 Å². The lowest BCUT2D eigenvalue weighted by molar-refractivity contribution is -0.192. The fourth-order valence-corrected chi connectivity index (χ4v) is 4.68. The molecule has 19 heavy (non-hydrogen) atoms. The third-order valence-electron chi connectivity index (χ3n) is 6.22. The van der Waals surface area contributed by atoms with E-state index < -0.39 is 0 Å². The van der Waals surface area contributed by atoms with Crippen molar-refractivity contribution in [2.75, 3.05) is 40.4 Å². The zero-order valence-electron chi connectivity index (χ0n) is 12.7. The summed E-state index contributed by atoms with van der Waals surface area (Å²) in [5.41, 5.74) is 0.556. The molecular weight excluding hydrogens is 236 g/mol. The molecule has 3 fully saturated rings. The molecule has 0 aromatic heterocycles. The number of hydrogen-bond donors (Lipinski definition) is 1. The molecule has 3 aliphatic rings. The van der Waals surface area contributed by atoms with E-state index in [1.54, 1.807) is 0 Å². The molecule has 2 aliphatic heterocycles. The zero-order valence-corrected chi connectivity index (χ0v) is 12.7. The van der Waals surface area contributed by atoms with Gasteiger partial charge in [0.2, 0.25) is 0 Å². The molecule has 0 aromatic rings. The van der Waals surface area contributed by atoms with Gasteiger partial charge in [-0.2, -0.15) is 0 Å². The molecule has 0 bridgehead atoms. The fourth-order valence-electron chi connectivity index (χ4n) is 4.68. The third-order valence-corrected chi connectivity index (χ3v) is 6.22. The second-order valence-corrected chi connectivity index (χ2v) is 7.14. The molecule has 1 N–H and O–H groups in total. The molecular formula is C16H30N2O. The van der Waals surface area contributed by atoms with E-state index in [1.165, 1.54) is 51.6 Å². The summed E-state index contributed by atoms with van der Waals surface area (Å²) in [5, 5.41) is 3.46. The van der Waals surface area contributed by atoms with Gasteiger partial charge in [0.1, 0.15) is 0 Å². The molecule has 0 unspecified atom stereocenters. The monoisotopic (exact) mass is 266 g/mol. The van der Waals surface area contributed by atoms with Gasteiger partial charge in [0.05, 0.1) is 13.2 Å². The summed E-state index contributed by atoms with van der Waals surface area (Å²) in [5.74, 6) is 1.85. The van der Waals surface area contributed by atoms with Crippen molar-refractivity contribution in [2.24, 2.45) is 17.3 Å². The fraction of sp³-hybridized carbons (Fsp3) is 1.00. The molecule has 1 aliphatic carbocycles. The summed E-state index contributed by atoms with van der Waals surface area (Å²) >= 11 is 0. The first-order valence-corrected chi connectivity index (χ1v) is 8.18. The number of rotatable bonds is 3. The van der Waals surface area contributed by atoms with Crippen molar-refractivity contribution < 1.29 is 4.74 Å². The van der Waals surface area contributed by atoms with Crippen molar-refractivity contribution in [3.8, 4) is 0 Å². The second-order valence-electron chi connectivity index (χ2n) is 7.14. The summed E-state index contributed by atoms with van der Waals surface area (Å²) < 4.78 is 5.70. The molecule has 3 nitrogen and oxygen atoms in total. The van der Waals surface area contributed by atoms with E-state index in [0.717, 1.165) is 31.1 Å². The van der Waals surface area contributed by atoms with E-state index in [1.807, 2.05) is 0 Å². The Hall–Kier alpha value is -0.120. The number of ether oxygens (including phenoxy) is 1. The van der Waals surface area contributed by atoms with Gasteiger partial charge in [-0.15, -0.1) is 0 Å². The number of piperidine rings is 1. The summed E-state index contributed by atoms with van der Waals surface area (Å²) in [7, 11) is 4.38. The molecule has 0 radical (unpaired) electrons. The largest absolute Gasteiger partial charge is 0.380 e. The first kappa shape index (κ1) is 13.8. The minimum Gasteiger partial charge on any atom is -0.380 e. The molecule has 0 aromatic carbocycles. The average Bonchev–Trinajstić information content (AvgIpc) is 2.40. The van der Waals surface area contributed by atoms with Crippen LogP contribution in [0.25, 0.3) is 0 Å². The van der Waals surface area contributed by atoms with Gasteiger partial charge in [0.25, 0.3) is 0 Å². The highest BCUT2D eigenvalue weighted by Gasteiger charge is 2.51. The van der Waals surface area contributed by atoms with E-state index in [4.69, 9.17) is 4.74 Å². The highest BCUT2D eigenvalue weighted by molar-refractivity contribution is 5.00. The van der Waals surface area contributed by atoms with E-state index >= 15 is 0 Å². The third kappa shape index (κ3) is 2.57. The summed E-state index contributed by atoms with van der Waals surface area (Å²) in [6.45, 7) is 4.68. The lowest BCUT2D eigenvalue weighted by Gasteiger charge is -2.55. The van der Waals surface area contributed by atoms with Gasteiger partial charge in [-0.1, -0.05) is 0 Å². The summed E-state index contributed by atoms with van der Waals surface area (Å²) in [6.07, 6.45) is 8.37. The lowest BCUT2D eigenvalue weighted by atomic mass is 9.58. The predicted molar refractivity (Wildman–Crippen MR) is 78.3 cm³/mol. The van der Waals surface area contributed by atoms with Crippen molar-refractivity contribution >= 4 is 0 Å². The molecule has 110 valence electrons. The van der Waals surface area contributed by atoms with Crippen LogP contribution in [0.1, 0.15) is 38.5 Å². The SMILES string of the molecule is CNC1CCC(C2(C3CCN(C)CC3)COC2)CC1. The molecule has 0 spiro atoms. The van der Waals surface area contributed by atoms with Crippen LogP contribution in [-0.4, -0.2) is 51.3 Å². The minimum atomic E-state index is 0.556. The molecule has 3 rings (SSSR count). The van der Waals surface area contributed by atoms with Crippen LogP contribution in [0.2, 0.25) is 0 Å². The van der Waals surface area contributed by atoms with Gasteiger partial charge < -0.3 is 15.0 Å². The average molecular weight is 266 g/mol. The number of nitrogens with zero attached hydrogens (tertiary/aromatic N) is 1. The number of nitrogens with one attached hydrogen (secondary N) is 1. The van der Waals surface area contributed by atoms with Gasteiger partial charge >= 0.3 is 0 Å². The quantitative estimate of drug-likeness (QED) is 0.847. The van der Waals surface area contributed by atoms with E-state index in [-0.39, 0.29) is 0 Å². The topological polar surface area (TPSA) is 24.5 Å². The first-order valence-electron chi connectivity index (χ1n) is 8.18. The van der Waals surface area contributed by atoms with Crippen LogP contribution in [0.3, 0.4) is 0 Å². The number of likely N-dealkylation sites (tertiary alicyclic amines) is 1. The second kappa shape index (κ2) is 5.71. The van der Waals surface area contributed by atoms with Gasteiger partial charge in [-0.3, -0.25) is 0 Å². The maximum atomic E-state index is 5.70. The van der Waals surface area contributed by atoms with Crippen LogP contribution in [0.5, 0.6) is 0 Å². The maximum absolute atomic E-state index is 5.70. The Morgan fingerprint density at radius 2 is 1.53 bits per heavy atom.